The molecule has 1 saturated carbocycles. The van der Waals surface area contributed by atoms with Gasteiger partial charge in [-0.2, -0.15) is 4.98 Å². The van der Waals surface area contributed by atoms with Gasteiger partial charge in [0.2, 0.25) is 11.7 Å². The number of urea groups is 1. The van der Waals surface area contributed by atoms with Crippen LogP contribution < -0.4 is 15.4 Å². The highest BCUT2D eigenvalue weighted by atomic mass is 16.5. The summed E-state index contributed by atoms with van der Waals surface area (Å²) in [4.78, 5) is 16.3. The van der Waals surface area contributed by atoms with Crippen molar-refractivity contribution in [2.75, 3.05) is 18.5 Å². The number of carbonyl (C=O) groups is 1. The SMILES string of the molecule is O=C(NCCCOCc1ccco1)Nc1ccc(OCc2noc(C3CC3)n2)cc1. The number of rotatable bonds is 11. The summed E-state index contributed by atoms with van der Waals surface area (Å²) >= 11 is 0. The molecule has 4 rings (SSSR count). The Balaban J connectivity index is 1.10. The molecular weight excluding hydrogens is 388 g/mol. The molecule has 2 aromatic heterocycles. The lowest BCUT2D eigenvalue weighted by Gasteiger charge is -2.09. The molecule has 9 heteroatoms. The number of ether oxygens (including phenoxy) is 2. The molecule has 0 atom stereocenters. The van der Waals surface area contributed by atoms with Gasteiger partial charge >= 0.3 is 6.03 Å². The molecule has 158 valence electrons. The van der Waals surface area contributed by atoms with Crippen molar-refractivity contribution in [2.24, 2.45) is 0 Å². The molecule has 0 saturated heterocycles. The van der Waals surface area contributed by atoms with Gasteiger partial charge in [0.15, 0.2) is 6.61 Å². The van der Waals surface area contributed by atoms with E-state index >= 15 is 0 Å². The lowest BCUT2D eigenvalue weighted by molar-refractivity contribution is 0.104. The minimum absolute atomic E-state index is 0.242. The van der Waals surface area contributed by atoms with Crippen LogP contribution in [0.25, 0.3) is 0 Å². The number of amides is 2. The molecule has 1 aliphatic carbocycles. The Morgan fingerprint density at radius 2 is 2.03 bits per heavy atom. The fourth-order valence-corrected chi connectivity index (χ4v) is 2.72. The van der Waals surface area contributed by atoms with Crippen molar-refractivity contribution >= 4 is 11.7 Å². The van der Waals surface area contributed by atoms with Crippen LogP contribution in [0.2, 0.25) is 0 Å². The molecule has 0 radical (unpaired) electrons. The van der Waals surface area contributed by atoms with Gasteiger partial charge in [0, 0.05) is 24.8 Å². The van der Waals surface area contributed by atoms with Crippen LogP contribution in [0.1, 0.15) is 42.7 Å². The van der Waals surface area contributed by atoms with Gasteiger partial charge in [-0.05, 0) is 55.7 Å². The highest BCUT2D eigenvalue weighted by Crippen LogP contribution is 2.38. The molecule has 2 amide bonds. The number of nitrogens with one attached hydrogen (secondary N) is 2. The van der Waals surface area contributed by atoms with Crippen molar-refractivity contribution in [3.05, 3.63) is 60.1 Å². The number of carbonyl (C=O) groups excluding carboxylic acids is 1. The van der Waals surface area contributed by atoms with Gasteiger partial charge in [0.1, 0.15) is 18.1 Å². The van der Waals surface area contributed by atoms with E-state index in [1.165, 1.54) is 0 Å². The average molecular weight is 412 g/mol. The second-order valence-electron chi connectivity index (χ2n) is 7.00. The van der Waals surface area contributed by atoms with Gasteiger partial charge in [-0.1, -0.05) is 5.16 Å². The van der Waals surface area contributed by atoms with Gasteiger partial charge in [0.05, 0.1) is 6.26 Å². The maximum Gasteiger partial charge on any atom is 0.319 e. The van der Waals surface area contributed by atoms with Crippen molar-refractivity contribution < 1.29 is 23.2 Å². The summed E-state index contributed by atoms with van der Waals surface area (Å²) in [5.41, 5.74) is 0.671. The molecule has 3 aromatic rings. The molecule has 1 fully saturated rings. The Kier molecular flexibility index (Phi) is 6.61. The lowest BCUT2D eigenvalue weighted by Crippen LogP contribution is -2.30. The zero-order chi connectivity index (χ0) is 20.6. The molecule has 0 unspecified atom stereocenters. The van der Waals surface area contributed by atoms with Gasteiger partial charge in [-0.25, -0.2) is 4.79 Å². The number of hydrogen-bond acceptors (Lipinski definition) is 7. The number of hydrogen-bond donors (Lipinski definition) is 2. The fraction of sp³-hybridized carbons (Fsp3) is 0.381. The summed E-state index contributed by atoms with van der Waals surface area (Å²) in [6.45, 7) is 1.72. The summed E-state index contributed by atoms with van der Waals surface area (Å²) in [5.74, 6) is 3.10. The smallest absolute Gasteiger partial charge is 0.319 e. The van der Waals surface area contributed by atoms with E-state index in [1.54, 1.807) is 30.5 Å². The number of furan rings is 1. The Hall–Kier alpha value is -3.33. The molecule has 9 nitrogen and oxygen atoms in total. The summed E-state index contributed by atoms with van der Waals surface area (Å²) in [6.07, 6.45) is 4.55. The average Bonchev–Trinajstić information content (AvgIpc) is 3.27. The van der Waals surface area contributed by atoms with Crippen LogP contribution in [0.15, 0.2) is 51.6 Å². The van der Waals surface area contributed by atoms with Crippen LogP contribution in [0.4, 0.5) is 10.5 Å². The molecule has 2 N–H and O–H groups in total. The molecule has 0 bridgehead atoms. The number of nitrogens with zero attached hydrogens (tertiary/aromatic N) is 2. The third-order valence-corrected chi connectivity index (χ3v) is 4.47. The van der Waals surface area contributed by atoms with Crippen LogP contribution in [0.3, 0.4) is 0 Å². The van der Waals surface area contributed by atoms with Gasteiger partial charge in [-0.3, -0.25) is 0 Å². The molecule has 0 aliphatic heterocycles. The summed E-state index contributed by atoms with van der Waals surface area (Å²) in [5, 5.41) is 9.49. The zero-order valence-corrected chi connectivity index (χ0v) is 16.5. The third-order valence-electron chi connectivity index (χ3n) is 4.47. The van der Waals surface area contributed by atoms with E-state index in [-0.39, 0.29) is 12.6 Å². The minimum atomic E-state index is -0.269. The van der Waals surface area contributed by atoms with Crippen molar-refractivity contribution in [3.8, 4) is 5.75 Å². The first-order valence-electron chi connectivity index (χ1n) is 9.96. The monoisotopic (exact) mass is 412 g/mol. The number of benzene rings is 1. The molecule has 1 aromatic carbocycles. The van der Waals surface area contributed by atoms with Crippen LogP contribution in [-0.4, -0.2) is 29.3 Å². The molecule has 2 heterocycles. The largest absolute Gasteiger partial charge is 0.485 e. The predicted molar refractivity (Wildman–Crippen MR) is 107 cm³/mol. The Morgan fingerprint density at radius 3 is 2.80 bits per heavy atom. The van der Waals surface area contributed by atoms with Crippen LogP contribution in [0, 0.1) is 0 Å². The van der Waals surface area contributed by atoms with Crippen molar-refractivity contribution in [2.45, 2.75) is 38.4 Å². The van der Waals surface area contributed by atoms with Gasteiger partial charge < -0.3 is 29.0 Å². The number of aromatic nitrogens is 2. The van der Waals surface area contributed by atoms with Gasteiger partial charge in [0.25, 0.3) is 0 Å². The first-order valence-corrected chi connectivity index (χ1v) is 9.96. The summed E-state index contributed by atoms with van der Waals surface area (Å²) < 4.78 is 21.5. The first-order chi connectivity index (χ1) is 14.8. The van der Waals surface area contributed by atoms with E-state index < -0.39 is 0 Å². The highest BCUT2D eigenvalue weighted by molar-refractivity contribution is 5.89. The standard InChI is InChI=1S/C21H24N4O5/c26-21(22-10-2-11-27-13-18-3-1-12-28-18)23-16-6-8-17(9-7-16)29-14-19-24-20(30-25-19)15-4-5-15/h1,3,6-9,12,15H,2,4-5,10-11,13-14H2,(H2,22,23,26). The van der Waals surface area contributed by atoms with E-state index in [0.717, 1.165) is 18.6 Å². The topological polar surface area (TPSA) is 112 Å². The van der Waals surface area contributed by atoms with E-state index in [9.17, 15) is 4.79 Å². The Morgan fingerprint density at radius 1 is 1.17 bits per heavy atom. The Bertz CT molecular complexity index is 919. The van der Waals surface area contributed by atoms with Crippen molar-refractivity contribution in [1.82, 2.24) is 15.5 Å². The van der Waals surface area contributed by atoms with E-state index in [2.05, 4.69) is 20.8 Å². The summed E-state index contributed by atoms with van der Waals surface area (Å²) in [6, 6.07) is 10.5. The van der Waals surface area contributed by atoms with Crippen molar-refractivity contribution in [3.63, 3.8) is 0 Å². The van der Waals surface area contributed by atoms with Crippen LogP contribution in [-0.2, 0) is 18.0 Å². The zero-order valence-electron chi connectivity index (χ0n) is 16.5. The first kappa shape index (κ1) is 20.0. The summed E-state index contributed by atoms with van der Waals surface area (Å²) in [7, 11) is 0. The molecular formula is C21H24N4O5. The van der Waals surface area contributed by atoms with Crippen LogP contribution in [0.5, 0.6) is 5.75 Å². The van der Waals surface area contributed by atoms with E-state index in [1.807, 2.05) is 12.1 Å². The molecule has 0 spiro atoms. The third kappa shape index (κ3) is 6.08. The van der Waals surface area contributed by atoms with Crippen molar-refractivity contribution in [1.29, 1.82) is 0 Å². The van der Waals surface area contributed by atoms with E-state index in [0.29, 0.717) is 55.2 Å². The molecule has 1 aliphatic rings. The van der Waals surface area contributed by atoms with E-state index in [4.69, 9.17) is 18.4 Å². The lowest BCUT2D eigenvalue weighted by atomic mass is 10.3. The maximum absolute atomic E-state index is 12.0. The van der Waals surface area contributed by atoms with Crippen LogP contribution >= 0.6 is 0 Å². The second kappa shape index (κ2) is 9.93. The molecule has 30 heavy (non-hydrogen) atoms. The fourth-order valence-electron chi connectivity index (χ4n) is 2.72. The predicted octanol–water partition coefficient (Wildman–Crippen LogP) is 3.85. The van der Waals surface area contributed by atoms with Gasteiger partial charge in [-0.15, -0.1) is 0 Å². The maximum atomic E-state index is 12.0. The minimum Gasteiger partial charge on any atom is -0.485 e. The second-order valence-corrected chi connectivity index (χ2v) is 7.00. The highest BCUT2D eigenvalue weighted by Gasteiger charge is 2.29. The number of anilines is 1. The quantitative estimate of drug-likeness (QED) is 0.460. The Labute approximate surface area is 173 Å². The normalized spacial score (nSPS) is 13.2.